The highest BCUT2D eigenvalue weighted by Gasteiger charge is 1.98. The Kier molecular flexibility index (Phi) is 4.88. The van der Waals surface area contributed by atoms with Crippen molar-refractivity contribution in [3.05, 3.63) is 35.4 Å². The van der Waals surface area contributed by atoms with Gasteiger partial charge in [-0.05, 0) is 25.3 Å². The van der Waals surface area contributed by atoms with Gasteiger partial charge in [0, 0.05) is 6.42 Å². The molecule has 0 atom stereocenters. The normalized spacial score (nSPS) is 10.0. The summed E-state index contributed by atoms with van der Waals surface area (Å²) in [6.07, 6.45) is 2.33. The van der Waals surface area contributed by atoms with Crippen LogP contribution in [0.1, 0.15) is 30.9 Å². The van der Waals surface area contributed by atoms with E-state index in [0.29, 0.717) is 13.0 Å². The van der Waals surface area contributed by atoms with Crippen LogP contribution < -0.4 is 0 Å². The summed E-state index contributed by atoms with van der Waals surface area (Å²) < 4.78 is 5.00. The first-order valence-electron chi connectivity index (χ1n) is 5.43. The molecule has 0 radical (unpaired) electrons. The van der Waals surface area contributed by atoms with E-state index in [4.69, 9.17) is 4.74 Å². The molecule has 15 heavy (non-hydrogen) atoms. The van der Waals surface area contributed by atoms with Crippen LogP contribution in [0.2, 0.25) is 0 Å². The quantitative estimate of drug-likeness (QED) is 0.547. The first-order valence-corrected chi connectivity index (χ1v) is 5.43. The summed E-state index contributed by atoms with van der Waals surface area (Å²) in [5.74, 6) is -0.112. The second-order valence-electron chi connectivity index (χ2n) is 3.67. The summed E-state index contributed by atoms with van der Waals surface area (Å²) in [6.45, 7) is 4.42. The van der Waals surface area contributed by atoms with Crippen LogP contribution in [-0.2, 0) is 16.0 Å². The van der Waals surface area contributed by atoms with Gasteiger partial charge in [-0.2, -0.15) is 0 Å². The highest BCUT2D eigenvalue weighted by molar-refractivity contribution is 5.68. The molecule has 0 fully saturated rings. The van der Waals surface area contributed by atoms with E-state index in [1.165, 1.54) is 11.1 Å². The van der Waals surface area contributed by atoms with Crippen molar-refractivity contribution in [3.8, 4) is 0 Å². The van der Waals surface area contributed by atoms with E-state index in [9.17, 15) is 4.79 Å². The van der Waals surface area contributed by atoms with Gasteiger partial charge in [-0.3, -0.25) is 4.79 Å². The zero-order chi connectivity index (χ0) is 11.1. The van der Waals surface area contributed by atoms with E-state index in [-0.39, 0.29) is 5.97 Å². The lowest BCUT2D eigenvalue weighted by atomic mass is 10.1. The maximum atomic E-state index is 10.9. The fraction of sp³-hybridized carbons (Fsp3) is 0.462. The molecule has 0 bridgehead atoms. The molecule has 0 aliphatic rings. The molecule has 1 aromatic carbocycles. The molecule has 2 nitrogen and oxygen atoms in total. The predicted molar refractivity (Wildman–Crippen MR) is 60.8 cm³/mol. The van der Waals surface area contributed by atoms with Gasteiger partial charge in [0.05, 0.1) is 6.61 Å². The number of ether oxygens (including phenoxy) is 1. The molecule has 0 spiro atoms. The Morgan fingerprint density at radius 3 is 2.87 bits per heavy atom. The number of esters is 1. The lowest BCUT2D eigenvalue weighted by Gasteiger charge is -2.04. The molecular formula is C13H18O2. The minimum absolute atomic E-state index is 0.112. The van der Waals surface area contributed by atoms with Gasteiger partial charge in [0.15, 0.2) is 0 Å². The maximum Gasteiger partial charge on any atom is 0.305 e. The third-order valence-corrected chi connectivity index (χ3v) is 2.24. The van der Waals surface area contributed by atoms with Crippen molar-refractivity contribution in [3.63, 3.8) is 0 Å². The number of hydrogen-bond acceptors (Lipinski definition) is 2. The molecule has 0 saturated carbocycles. The standard InChI is InChI=1S/C13H18O2/c1-3-13(14)15-9-5-8-12-7-4-6-11(2)10-12/h4,6-7,10H,3,5,8-9H2,1-2H3. The van der Waals surface area contributed by atoms with Crippen molar-refractivity contribution >= 4 is 5.97 Å². The Labute approximate surface area is 91.3 Å². The molecule has 0 aliphatic heterocycles. The smallest absolute Gasteiger partial charge is 0.305 e. The molecule has 2 heteroatoms. The molecule has 0 unspecified atom stereocenters. The minimum Gasteiger partial charge on any atom is -0.466 e. The summed E-state index contributed by atoms with van der Waals surface area (Å²) in [5.41, 5.74) is 2.58. The van der Waals surface area contributed by atoms with Gasteiger partial charge < -0.3 is 4.74 Å². The van der Waals surface area contributed by atoms with Gasteiger partial charge in [0.25, 0.3) is 0 Å². The van der Waals surface area contributed by atoms with Gasteiger partial charge in [0.2, 0.25) is 0 Å². The number of hydrogen-bond donors (Lipinski definition) is 0. The Balaban J connectivity index is 2.23. The highest BCUT2D eigenvalue weighted by Crippen LogP contribution is 2.06. The molecule has 0 aliphatic carbocycles. The van der Waals surface area contributed by atoms with Crippen molar-refractivity contribution in [1.82, 2.24) is 0 Å². The predicted octanol–water partition coefficient (Wildman–Crippen LogP) is 2.88. The summed E-state index contributed by atoms with van der Waals surface area (Å²) in [5, 5.41) is 0. The topological polar surface area (TPSA) is 26.3 Å². The van der Waals surface area contributed by atoms with Crippen molar-refractivity contribution in [1.29, 1.82) is 0 Å². The minimum atomic E-state index is -0.112. The van der Waals surface area contributed by atoms with Crippen LogP contribution in [0, 0.1) is 6.92 Å². The van der Waals surface area contributed by atoms with Gasteiger partial charge in [-0.15, -0.1) is 0 Å². The van der Waals surface area contributed by atoms with Crippen molar-refractivity contribution in [2.45, 2.75) is 33.1 Å². The lowest BCUT2D eigenvalue weighted by molar-refractivity contribution is -0.143. The maximum absolute atomic E-state index is 10.9. The van der Waals surface area contributed by atoms with Crippen molar-refractivity contribution in [2.75, 3.05) is 6.61 Å². The number of carbonyl (C=O) groups excluding carboxylic acids is 1. The molecule has 0 heterocycles. The third-order valence-electron chi connectivity index (χ3n) is 2.24. The average Bonchev–Trinajstić information content (AvgIpc) is 2.24. The van der Waals surface area contributed by atoms with Crippen molar-refractivity contribution in [2.24, 2.45) is 0 Å². The second-order valence-corrected chi connectivity index (χ2v) is 3.67. The molecule has 82 valence electrons. The van der Waals surface area contributed by atoms with Crippen LogP contribution in [0.3, 0.4) is 0 Å². The molecular weight excluding hydrogens is 188 g/mol. The molecule has 1 rings (SSSR count). The van der Waals surface area contributed by atoms with Crippen molar-refractivity contribution < 1.29 is 9.53 Å². The highest BCUT2D eigenvalue weighted by atomic mass is 16.5. The van der Waals surface area contributed by atoms with E-state index in [2.05, 4.69) is 31.2 Å². The number of benzene rings is 1. The van der Waals surface area contributed by atoms with E-state index >= 15 is 0 Å². The lowest BCUT2D eigenvalue weighted by Crippen LogP contribution is -2.04. The molecule has 0 saturated heterocycles. The first-order chi connectivity index (χ1) is 7.22. The van der Waals surface area contributed by atoms with E-state index in [0.717, 1.165) is 12.8 Å². The monoisotopic (exact) mass is 206 g/mol. The molecule has 1 aromatic rings. The van der Waals surface area contributed by atoms with E-state index < -0.39 is 0 Å². The fourth-order valence-corrected chi connectivity index (χ4v) is 1.43. The number of aryl methyl sites for hydroxylation is 2. The van der Waals surface area contributed by atoms with Crippen LogP contribution in [0.5, 0.6) is 0 Å². The summed E-state index contributed by atoms with van der Waals surface area (Å²) in [7, 11) is 0. The largest absolute Gasteiger partial charge is 0.466 e. The third kappa shape index (κ3) is 4.63. The van der Waals surface area contributed by atoms with Crippen LogP contribution in [0.15, 0.2) is 24.3 Å². The fourth-order valence-electron chi connectivity index (χ4n) is 1.43. The van der Waals surface area contributed by atoms with E-state index in [1.807, 2.05) is 6.92 Å². The van der Waals surface area contributed by atoms with Crippen LogP contribution in [-0.4, -0.2) is 12.6 Å². The van der Waals surface area contributed by atoms with Gasteiger partial charge in [0.1, 0.15) is 0 Å². The Bertz CT molecular complexity index is 318. The zero-order valence-corrected chi connectivity index (χ0v) is 9.45. The average molecular weight is 206 g/mol. The zero-order valence-electron chi connectivity index (χ0n) is 9.45. The summed E-state index contributed by atoms with van der Waals surface area (Å²) >= 11 is 0. The Morgan fingerprint density at radius 2 is 2.20 bits per heavy atom. The van der Waals surface area contributed by atoms with Gasteiger partial charge in [-0.1, -0.05) is 36.8 Å². The SMILES string of the molecule is CCC(=O)OCCCc1cccc(C)c1. The first kappa shape index (κ1) is 11.8. The van der Waals surface area contributed by atoms with Gasteiger partial charge >= 0.3 is 5.97 Å². The van der Waals surface area contributed by atoms with E-state index in [1.54, 1.807) is 0 Å². The summed E-state index contributed by atoms with van der Waals surface area (Å²) in [6, 6.07) is 8.42. The molecule has 0 aromatic heterocycles. The van der Waals surface area contributed by atoms with Crippen LogP contribution in [0.25, 0.3) is 0 Å². The molecule has 0 N–H and O–H groups in total. The number of rotatable bonds is 5. The second kappa shape index (κ2) is 6.23. The molecule has 0 amide bonds. The number of carbonyl (C=O) groups is 1. The summed E-state index contributed by atoms with van der Waals surface area (Å²) in [4.78, 5) is 10.9. The van der Waals surface area contributed by atoms with Crippen LogP contribution >= 0.6 is 0 Å². The van der Waals surface area contributed by atoms with Gasteiger partial charge in [-0.25, -0.2) is 0 Å². The Morgan fingerprint density at radius 1 is 1.40 bits per heavy atom. The Hall–Kier alpha value is -1.31. The van der Waals surface area contributed by atoms with Crippen LogP contribution in [0.4, 0.5) is 0 Å².